The maximum atomic E-state index is 11.7. The Kier molecular flexibility index (Phi) is 6.60. The molecule has 0 saturated heterocycles. The van der Waals surface area contributed by atoms with Crippen molar-refractivity contribution in [3.05, 3.63) is 64.7 Å². The van der Waals surface area contributed by atoms with Gasteiger partial charge < -0.3 is 4.74 Å². The fourth-order valence-electron chi connectivity index (χ4n) is 2.17. The van der Waals surface area contributed by atoms with Crippen LogP contribution < -0.4 is 4.74 Å². The molecule has 0 fully saturated rings. The molecule has 0 aromatic heterocycles. The van der Waals surface area contributed by atoms with Crippen LogP contribution in [0.25, 0.3) is 11.6 Å². The topological polar surface area (TPSA) is 50.1 Å². The Morgan fingerprint density at radius 3 is 2.75 bits per heavy atom. The molecule has 2 rings (SSSR count). The van der Waals surface area contributed by atoms with Crippen molar-refractivity contribution in [2.24, 2.45) is 0 Å². The Bertz CT molecular complexity index is 790. The van der Waals surface area contributed by atoms with E-state index in [0.717, 1.165) is 24.0 Å². The number of rotatable bonds is 6. The molecule has 4 heteroatoms. The number of carbonyl (C=O) groups excluding carboxylic acids is 1. The first-order valence-electron chi connectivity index (χ1n) is 7.81. The van der Waals surface area contributed by atoms with Gasteiger partial charge in [-0.3, -0.25) is 4.79 Å². The van der Waals surface area contributed by atoms with E-state index in [9.17, 15) is 10.1 Å². The molecule has 0 atom stereocenters. The number of nitriles is 1. The summed E-state index contributed by atoms with van der Waals surface area (Å²) in [5.41, 5.74) is 2.02. The molecule has 0 saturated carbocycles. The number of unbranched alkanes of at least 4 members (excludes halogenated alkanes) is 1. The second kappa shape index (κ2) is 8.90. The van der Waals surface area contributed by atoms with Crippen molar-refractivity contribution < 1.29 is 9.53 Å². The van der Waals surface area contributed by atoms with Gasteiger partial charge in [0, 0.05) is 11.4 Å². The number of hydrogen-bond acceptors (Lipinski definition) is 3. The van der Waals surface area contributed by atoms with Crippen LogP contribution in [0.1, 0.15) is 37.3 Å². The fourth-order valence-corrected chi connectivity index (χ4v) is 2.36. The molecule has 0 amide bonds. The van der Waals surface area contributed by atoms with Crippen LogP contribution in [-0.4, -0.2) is 5.97 Å². The molecule has 2 aromatic carbocycles. The van der Waals surface area contributed by atoms with Crippen LogP contribution >= 0.6 is 11.6 Å². The summed E-state index contributed by atoms with van der Waals surface area (Å²) in [5, 5.41) is 9.97. The highest BCUT2D eigenvalue weighted by Gasteiger charge is 2.06. The summed E-state index contributed by atoms with van der Waals surface area (Å²) >= 11 is 5.98. The van der Waals surface area contributed by atoms with Gasteiger partial charge in [0.2, 0.25) is 0 Å². The minimum Gasteiger partial charge on any atom is -0.427 e. The van der Waals surface area contributed by atoms with E-state index < -0.39 is 0 Å². The Morgan fingerprint density at radius 2 is 2.04 bits per heavy atom. The van der Waals surface area contributed by atoms with E-state index in [-0.39, 0.29) is 5.97 Å². The van der Waals surface area contributed by atoms with Gasteiger partial charge in [-0.15, -0.1) is 0 Å². The van der Waals surface area contributed by atoms with Gasteiger partial charge >= 0.3 is 5.97 Å². The van der Waals surface area contributed by atoms with Gasteiger partial charge in [0.1, 0.15) is 5.75 Å². The van der Waals surface area contributed by atoms with Crippen LogP contribution in [0.15, 0.2) is 48.5 Å². The Balaban J connectivity index is 2.21. The number of carbonyl (C=O) groups is 1. The summed E-state index contributed by atoms with van der Waals surface area (Å²) in [4.78, 5) is 11.7. The van der Waals surface area contributed by atoms with Crippen molar-refractivity contribution in [3.63, 3.8) is 0 Å². The SMILES string of the molecule is CCCCC(=O)Oc1cccc(/C=C(/C#N)c2cccc(Cl)c2)c1. The fraction of sp³-hybridized carbons (Fsp3) is 0.200. The monoisotopic (exact) mass is 339 g/mol. The zero-order valence-electron chi connectivity index (χ0n) is 13.5. The van der Waals surface area contributed by atoms with Crippen molar-refractivity contribution in [3.8, 4) is 11.8 Å². The van der Waals surface area contributed by atoms with E-state index in [1.165, 1.54) is 0 Å². The van der Waals surface area contributed by atoms with Gasteiger partial charge in [-0.05, 0) is 47.9 Å². The van der Waals surface area contributed by atoms with Crippen molar-refractivity contribution in [1.29, 1.82) is 5.26 Å². The number of hydrogen-bond donors (Lipinski definition) is 0. The van der Waals surface area contributed by atoms with Crippen LogP contribution in [0, 0.1) is 11.3 Å². The molecular weight excluding hydrogens is 322 g/mol. The van der Waals surface area contributed by atoms with E-state index in [0.29, 0.717) is 22.8 Å². The van der Waals surface area contributed by atoms with Crippen LogP contribution in [0.2, 0.25) is 5.02 Å². The summed E-state index contributed by atoms with van der Waals surface area (Å²) < 4.78 is 5.32. The number of esters is 1. The molecule has 0 bridgehead atoms. The van der Waals surface area contributed by atoms with Crippen LogP contribution in [-0.2, 0) is 4.79 Å². The third-order valence-corrected chi connectivity index (χ3v) is 3.63. The highest BCUT2D eigenvalue weighted by molar-refractivity contribution is 6.30. The van der Waals surface area contributed by atoms with E-state index in [4.69, 9.17) is 16.3 Å². The molecule has 2 aromatic rings. The third-order valence-electron chi connectivity index (χ3n) is 3.39. The molecule has 24 heavy (non-hydrogen) atoms. The lowest BCUT2D eigenvalue weighted by atomic mass is 10.0. The molecule has 0 aliphatic heterocycles. The number of benzene rings is 2. The first-order chi connectivity index (χ1) is 11.6. The lowest BCUT2D eigenvalue weighted by molar-refractivity contribution is -0.134. The Hall–Kier alpha value is -2.57. The lowest BCUT2D eigenvalue weighted by Crippen LogP contribution is -2.07. The summed E-state index contributed by atoms with van der Waals surface area (Å²) in [6.07, 6.45) is 3.91. The first-order valence-corrected chi connectivity index (χ1v) is 8.18. The average Bonchev–Trinajstić information content (AvgIpc) is 2.58. The van der Waals surface area contributed by atoms with E-state index in [2.05, 4.69) is 6.07 Å². The second-order valence-corrected chi connectivity index (χ2v) is 5.77. The Labute approximate surface area is 147 Å². The highest BCUT2D eigenvalue weighted by atomic mass is 35.5. The predicted octanol–water partition coefficient (Wildman–Crippen LogP) is 5.50. The second-order valence-electron chi connectivity index (χ2n) is 5.33. The first kappa shape index (κ1) is 17.8. The number of halogens is 1. The predicted molar refractivity (Wildman–Crippen MR) is 96.5 cm³/mol. The average molecular weight is 340 g/mol. The maximum absolute atomic E-state index is 11.7. The summed E-state index contributed by atoms with van der Waals surface area (Å²) in [6, 6.07) is 16.4. The molecule has 122 valence electrons. The standard InChI is InChI=1S/C20H18ClNO2/c1-2-3-10-20(23)24-19-9-4-6-15(12-19)11-17(14-22)16-7-5-8-18(21)13-16/h4-9,11-13H,2-3,10H2,1H3/b17-11-. The largest absolute Gasteiger partial charge is 0.427 e. The van der Waals surface area contributed by atoms with Crippen molar-refractivity contribution >= 4 is 29.2 Å². The van der Waals surface area contributed by atoms with Gasteiger partial charge in [0.25, 0.3) is 0 Å². The quantitative estimate of drug-likeness (QED) is 0.302. The minimum absolute atomic E-state index is 0.242. The molecule has 0 heterocycles. The summed E-state index contributed by atoms with van der Waals surface area (Å²) in [5.74, 6) is 0.238. The number of ether oxygens (including phenoxy) is 1. The molecule has 0 unspecified atom stereocenters. The van der Waals surface area contributed by atoms with Crippen molar-refractivity contribution in [2.45, 2.75) is 26.2 Å². The Morgan fingerprint density at radius 1 is 1.25 bits per heavy atom. The highest BCUT2D eigenvalue weighted by Crippen LogP contribution is 2.23. The molecule has 0 N–H and O–H groups in total. The van der Waals surface area contributed by atoms with E-state index in [1.807, 2.05) is 19.1 Å². The maximum Gasteiger partial charge on any atom is 0.311 e. The molecule has 0 spiro atoms. The van der Waals surface area contributed by atoms with Gasteiger partial charge in [-0.25, -0.2) is 0 Å². The number of allylic oxidation sites excluding steroid dienone is 1. The van der Waals surface area contributed by atoms with Crippen LogP contribution in [0.3, 0.4) is 0 Å². The van der Waals surface area contributed by atoms with Crippen LogP contribution in [0.5, 0.6) is 5.75 Å². The third kappa shape index (κ3) is 5.26. The van der Waals surface area contributed by atoms with Gasteiger partial charge in [0.05, 0.1) is 11.6 Å². The zero-order chi connectivity index (χ0) is 17.4. The lowest BCUT2D eigenvalue weighted by Gasteiger charge is -2.05. The van der Waals surface area contributed by atoms with E-state index in [1.54, 1.807) is 42.5 Å². The molecule has 0 aliphatic rings. The molecular formula is C20H18ClNO2. The zero-order valence-corrected chi connectivity index (χ0v) is 14.2. The molecule has 0 aliphatic carbocycles. The van der Waals surface area contributed by atoms with Gasteiger partial charge in [-0.2, -0.15) is 5.26 Å². The van der Waals surface area contributed by atoms with Gasteiger partial charge in [0.15, 0.2) is 0 Å². The number of nitrogens with zero attached hydrogens (tertiary/aromatic N) is 1. The molecule has 3 nitrogen and oxygen atoms in total. The normalized spacial score (nSPS) is 11.0. The smallest absolute Gasteiger partial charge is 0.311 e. The van der Waals surface area contributed by atoms with Gasteiger partial charge in [-0.1, -0.05) is 49.2 Å². The summed E-state index contributed by atoms with van der Waals surface area (Å²) in [7, 11) is 0. The van der Waals surface area contributed by atoms with Crippen LogP contribution in [0.4, 0.5) is 0 Å². The van der Waals surface area contributed by atoms with E-state index >= 15 is 0 Å². The van der Waals surface area contributed by atoms with Crippen molar-refractivity contribution in [2.75, 3.05) is 0 Å². The summed E-state index contributed by atoms with van der Waals surface area (Å²) in [6.45, 7) is 2.03. The minimum atomic E-state index is -0.242. The van der Waals surface area contributed by atoms with Crippen molar-refractivity contribution in [1.82, 2.24) is 0 Å². The molecule has 0 radical (unpaired) electrons.